The van der Waals surface area contributed by atoms with Crippen LogP contribution in [-0.4, -0.2) is 17.7 Å². The molecule has 0 saturated carbocycles. The molecule has 3 aromatic carbocycles. The molecule has 0 unspecified atom stereocenters. The molecule has 1 heterocycles. The Morgan fingerprint density at radius 3 is 2.24 bits per heavy atom. The van der Waals surface area contributed by atoms with Gasteiger partial charge < -0.3 is 10.6 Å². The van der Waals surface area contributed by atoms with Crippen LogP contribution in [0.4, 0.5) is 17.1 Å². The Morgan fingerprint density at radius 1 is 0.824 bits per heavy atom. The number of hydrogen-bond donors (Lipinski definition) is 2. The number of carbonyl (C=O) groups is 3. The normalized spacial score (nSPS) is 13.5. The molecule has 34 heavy (non-hydrogen) atoms. The van der Waals surface area contributed by atoms with Gasteiger partial charge in [-0.25, -0.2) is 4.90 Å². The lowest BCUT2D eigenvalue weighted by Gasteiger charge is -2.18. The molecule has 4 rings (SSSR count). The molecule has 0 aromatic heterocycles. The van der Waals surface area contributed by atoms with Crippen LogP contribution >= 0.6 is 23.2 Å². The van der Waals surface area contributed by atoms with Gasteiger partial charge in [-0.15, -0.1) is 0 Å². The highest BCUT2D eigenvalue weighted by atomic mass is 35.5. The van der Waals surface area contributed by atoms with Gasteiger partial charge in [-0.1, -0.05) is 41.4 Å². The Bertz CT molecular complexity index is 1360. The summed E-state index contributed by atoms with van der Waals surface area (Å²) >= 11 is 12.3. The summed E-state index contributed by atoms with van der Waals surface area (Å²) in [6.45, 7) is 5.68. The Balaban J connectivity index is 1.56. The predicted octanol–water partition coefficient (Wildman–Crippen LogP) is 5.95. The van der Waals surface area contributed by atoms with Crippen LogP contribution in [0.5, 0.6) is 0 Å². The molecular weight excluding hydrogens is 473 g/mol. The molecule has 0 bridgehead atoms. The summed E-state index contributed by atoms with van der Waals surface area (Å²) in [6.07, 6.45) is 0. The fourth-order valence-corrected chi connectivity index (χ4v) is 4.17. The van der Waals surface area contributed by atoms with Crippen molar-refractivity contribution in [1.82, 2.24) is 0 Å². The lowest BCUT2D eigenvalue weighted by Crippen LogP contribution is -2.32. The first-order valence-electron chi connectivity index (χ1n) is 10.5. The van der Waals surface area contributed by atoms with E-state index >= 15 is 0 Å². The molecule has 2 N–H and O–H groups in total. The number of hydrogen-bond acceptors (Lipinski definition) is 4. The summed E-state index contributed by atoms with van der Waals surface area (Å²) in [5, 5.41) is 5.93. The van der Waals surface area contributed by atoms with Gasteiger partial charge in [0, 0.05) is 22.0 Å². The Kier molecular flexibility index (Phi) is 6.46. The third-order valence-electron chi connectivity index (χ3n) is 5.31. The molecular formula is C26H21Cl2N3O3. The van der Waals surface area contributed by atoms with Crippen LogP contribution < -0.4 is 15.5 Å². The molecule has 6 nitrogen and oxygen atoms in total. The SMILES string of the molecule is Cc1cc(C)cc(NC(=O)c2cccc(NC3=C(Cl)C(=O)N(c4cc(Cl)ccc4C)C3=O)c2)c1. The summed E-state index contributed by atoms with van der Waals surface area (Å²) in [5.41, 5.74) is 4.56. The number of nitrogens with one attached hydrogen (secondary N) is 2. The largest absolute Gasteiger partial charge is 0.350 e. The first-order valence-corrected chi connectivity index (χ1v) is 11.2. The number of nitrogens with zero attached hydrogens (tertiary/aromatic N) is 1. The van der Waals surface area contributed by atoms with Crippen molar-refractivity contribution in [2.75, 3.05) is 15.5 Å². The van der Waals surface area contributed by atoms with Gasteiger partial charge in [0.2, 0.25) is 0 Å². The van der Waals surface area contributed by atoms with Crippen molar-refractivity contribution in [1.29, 1.82) is 0 Å². The quantitative estimate of drug-likeness (QED) is 0.430. The monoisotopic (exact) mass is 493 g/mol. The minimum absolute atomic E-state index is 0.0714. The maximum absolute atomic E-state index is 13.1. The second kappa shape index (κ2) is 9.33. The topological polar surface area (TPSA) is 78.5 Å². The van der Waals surface area contributed by atoms with Crippen molar-refractivity contribution in [3.63, 3.8) is 0 Å². The van der Waals surface area contributed by atoms with E-state index in [1.807, 2.05) is 32.0 Å². The van der Waals surface area contributed by atoms with Gasteiger partial charge in [-0.2, -0.15) is 0 Å². The summed E-state index contributed by atoms with van der Waals surface area (Å²) in [5.74, 6) is -1.56. The van der Waals surface area contributed by atoms with E-state index in [1.54, 1.807) is 43.3 Å². The molecule has 3 aromatic rings. The van der Waals surface area contributed by atoms with Crippen molar-refractivity contribution in [2.45, 2.75) is 20.8 Å². The first kappa shape index (κ1) is 23.5. The third-order valence-corrected chi connectivity index (χ3v) is 5.90. The van der Waals surface area contributed by atoms with E-state index in [-0.39, 0.29) is 16.6 Å². The lowest BCUT2D eigenvalue weighted by molar-refractivity contribution is -0.120. The van der Waals surface area contributed by atoms with E-state index in [9.17, 15) is 14.4 Å². The van der Waals surface area contributed by atoms with Crippen LogP contribution in [0.15, 0.2) is 71.4 Å². The minimum Gasteiger partial charge on any atom is -0.350 e. The van der Waals surface area contributed by atoms with E-state index in [2.05, 4.69) is 10.6 Å². The number of rotatable bonds is 5. The second-order valence-corrected chi connectivity index (χ2v) is 8.92. The van der Waals surface area contributed by atoms with E-state index in [0.29, 0.717) is 33.2 Å². The fraction of sp³-hybridized carbons (Fsp3) is 0.115. The summed E-state index contributed by atoms with van der Waals surface area (Å²) < 4.78 is 0. The number of carbonyl (C=O) groups excluding carboxylic acids is 3. The Hall–Kier alpha value is -3.61. The summed E-state index contributed by atoms with van der Waals surface area (Å²) in [4.78, 5) is 39.7. The van der Waals surface area contributed by atoms with E-state index < -0.39 is 11.8 Å². The zero-order valence-corrected chi connectivity index (χ0v) is 20.2. The average Bonchev–Trinajstić information content (AvgIpc) is 2.98. The smallest absolute Gasteiger partial charge is 0.283 e. The van der Waals surface area contributed by atoms with Crippen molar-refractivity contribution >= 4 is 58.0 Å². The maximum Gasteiger partial charge on any atom is 0.283 e. The molecule has 0 atom stereocenters. The van der Waals surface area contributed by atoms with E-state index in [4.69, 9.17) is 23.2 Å². The van der Waals surface area contributed by atoms with Crippen LogP contribution in [0.25, 0.3) is 0 Å². The maximum atomic E-state index is 13.1. The Labute approximate surface area is 207 Å². The van der Waals surface area contributed by atoms with Gasteiger partial charge in [-0.05, 0) is 79.9 Å². The molecule has 0 spiro atoms. The minimum atomic E-state index is -0.650. The van der Waals surface area contributed by atoms with Gasteiger partial charge in [-0.3, -0.25) is 14.4 Å². The summed E-state index contributed by atoms with van der Waals surface area (Å²) in [6, 6.07) is 17.3. The zero-order valence-electron chi connectivity index (χ0n) is 18.7. The van der Waals surface area contributed by atoms with Crippen molar-refractivity contribution in [3.8, 4) is 0 Å². The fourth-order valence-electron chi connectivity index (χ4n) is 3.79. The summed E-state index contributed by atoms with van der Waals surface area (Å²) in [7, 11) is 0. The van der Waals surface area contributed by atoms with Crippen LogP contribution in [0, 0.1) is 20.8 Å². The molecule has 0 fully saturated rings. The number of benzene rings is 3. The third kappa shape index (κ3) is 4.69. The molecule has 0 saturated heterocycles. The zero-order chi connectivity index (χ0) is 24.6. The van der Waals surface area contributed by atoms with Crippen LogP contribution in [0.1, 0.15) is 27.0 Å². The standard InChI is InChI=1S/C26H21Cl2N3O3/c1-14-9-15(2)11-20(10-14)30-24(32)17-5-4-6-19(12-17)29-23-22(28)25(33)31(26(23)34)21-13-18(27)8-7-16(21)3/h4-13,29H,1-3H3,(H,30,32). The van der Waals surface area contributed by atoms with E-state index in [1.165, 1.54) is 6.07 Å². The molecule has 172 valence electrons. The van der Waals surface area contributed by atoms with Gasteiger partial charge in [0.1, 0.15) is 10.7 Å². The number of aryl methyl sites for hydroxylation is 3. The van der Waals surface area contributed by atoms with Gasteiger partial charge in [0.05, 0.1) is 5.69 Å². The molecule has 0 aliphatic carbocycles. The van der Waals surface area contributed by atoms with Crippen LogP contribution in [0.3, 0.4) is 0 Å². The molecule has 1 aliphatic rings. The number of imide groups is 1. The average molecular weight is 494 g/mol. The number of amides is 3. The number of anilines is 3. The van der Waals surface area contributed by atoms with Crippen LogP contribution in [-0.2, 0) is 9.59 Å². The molecule has 8 heteroatoms. The van der Waals surface area contributed by atoms with Gasteiger partial charge >= 0.3 is 0 Å². The van der Waals surface area contributed by atoms with E-state index in [0.717, 1.165) is 16.0 Å². The molecule has 0 radical (unpaired) electrons. The second-order valence-electron chi connectivity index (χ2n) is 8.10. The Morgan fingerprint density at radius 2 is 1.53 bits per heavy atom. The molecule has 1 aliphatic heterocycles. The lowest BCUT2D eigenvalue weighted by atomic mass is 10.1. The molecule has 3 amide bonds. The van der Waals surface area contributed by atoms with Crippen molar-refractivity contribution < 1.29 is 14.4 Å². The number of halogens is 2. The first-order chi connectivity index (χ1) is 16.1. The van der Waals surface area contributed by atoms with Crippen molar-refractivity contribution in [3.05, 3.63) is 98.7 Å². The van der Waals surface area contributed by atoms with Crippen LogP contribution in [0.2, 0.25) is 5.02 Å². The highest BCUT2D eigenvalue weighted by Crippen LogP contribution is 2.33. The highest BCUT2D eigenvalue weighted by Gasteiger charge is 2.39. The van der Waals surface area contributed by atoms with Gasteiger partial charge in [0.25, 0.3) is 17.7 Å². The van der Waals surface area contributed by atoms with Gasteiger partial charge in [0.15, 0.2) is 0 Å². The highest BCUT2D eigenvalue weighted by molar-refractivity contribution is 6.53. The van der Waals surface area contributed by atoms with Crippen molar-refractivity contribution in [2.24, 2.45) is 0 Å². The predicted molar refractivity (Wildman–Crippen MR) is 135 cm³/mol.